The summed E-state index contributed by atoms with van der Waals surface area (Å²) in [6, 6.07) is 15.6. The average molecular weight is 424 g/mol. The molecule has 0 aliphatic carbocycles. The van der Waals surface area contributed by atoms with Gasteiger partial charge in [0.15, 0.2) is 0 Å². The number of piperazine rings is 1. The molecule has 0 atom stereocenters. The van der Waals surface area contributed by atoms with E-state index in [0.29, 0.717) is 49.6 Å². The van der Waals surface area contributed by atoms with Crippen LogP contribution in [-0.4, -0.2) is 59.5 Å². The van der Waals surface area contributed by atoms with Crippen molar-refractivity contribution in [2.75, 3.05) is 37.2 Å². The van der Waals surface area contributed by atoms with E-state index in [2.05, 4.69) is 17.4 Å². The molecule has 2 aromatic carbocycles. The lowest BCUT2D eigenvalue weighted by molar-refractivity contribution is -0.132. The maximum atomic E-state index is 12.9. The largest absolute Gasteiger partial charge is 0.339 e. The van der Waals surface area contributed by atoms with E-state index in [4.69, 9.17) is 0 Å². The summed E-state index contributed by atoms with van der Waals surface area (Å²) >= 11 is 1.48. The number of hydrogen-bond acceptors (Lipinski definition) is 4. The van der Waals surface area contributed by atoms with Gasteiger partial charge in [-0.15, -0.1) is 11.8 Å². The quantitative estimate of drug-likeness (QED) is 0.803. The van der Waals surface area contributed by atoms with Crippen LogP contribution in [0.1, 0.15) is 28.8 Å². The lowest BCUT2D eigenvalue weighted by Crippen LogP contribution is -2.50. The second-order valence-electron chi connectivity index (χ2n) is 7.56. The van der Waals surface area contributed by atoms with Crippen LogP contribution in [0, 0.1) is 0 Å². The first-order chi connectivity index (χ1) is 14.6. The number of carbonyl (C=O) groups excluding carboxylic acids is 3. The number of thioether (sulfide) groups is 1. The molecular weight excluding hydrogens is 398 g/mol. The van der Waals surface area contributed by atoms with E-state index >= 15 is 0 Å². The molecule has 2 aliphatic heterocycles. The Morgan fingerprint density at radius 1 is 0.967 bits per heavy atom. The molecule has 4 rings (SSSR count). The molecule has 1 saturated heterocycles. The monoisotopic (exact) mass is 423 g/mol. The summed E-state index contributed by atoms with van der Waals surface area (Å²) in [6.07, 6.45) is 2.27. The summed E-state index contributed by atoms with van der Waals surface area (Å²) in [4.78, 5) is 41.6. The molecule has 1 N–H and O–H groups in total. The number of fused-ring (bicyclic) bond motifs is 1. The van der Waals surface area contributed by atoms with Gasteiger partial charge in [-0.25, -0.2) is 0 Å². The van der Waals surface area contributed by atoms with Gasteiger partial charge >= 0.3 is 0 Å². The summed E-state index contributed by atoms with van der Waals surface area (Å²) in [5.41, 5.74) is 2.52. The number of nitrogens with one attached hydrogen (secondary N) is 1. The maximum absolute atomic E-state index is 12.9. The number of rotatable bonds is 5. The molecule has 1 fully saturated rings. The van der Waals surface area contributed by atoms with Crippen LogP contribution in [0.3, 0.4) is 0 Å². The van der Waals surface area contributed by atoms with E-state index in [9.17, 15) is 14.4 Å². The molecule has 0 unspecified atom stereocenters. The molecule has 0 aromatic heterocycles. The van der Waals surface area contributed by atoms with E-state index in [1.165, 1.54) is 17.3 Å². The number of carbonyl (C=O) groups is 3. The molecule has 2 aromatic rings. The first-order valence-electron chi connectivity index (χ1n) is 10.3. The van der Waals surface area contributed by atoms with Crippen molar-refractivity contribution in [2.24, 2.45) is 0 Å². The zero-order valence-corrected chi connectivity index (χ0v) is 17.6. The molecule has 6 nitrogen and oxygen atoms in total. The van der Waals surface area contributed by atoms with E-state index < -0.39 is 0 Å². The Kier molecular flexibility index (Phi) is 6.38. The van der Waals surface area contributed by atoms with Crippen molar-refractivity contribution in [1.82, 2.24) is 9.80 Å². The molecule has 2 heterocycles. The lowest BCUT2D eigenvalue weighted by Gasteiger charge is -2.35. The predicted molar refractivity (Wildman–Crippen MR) is 118 cm³/mol. The van der Waals surface area contributed by atoms with Gasteiger partial charge in [0.25, 0.3) is 5.91 Å². The molecule has 3 amide bonds. The molecule has 0 bridgehead atoms. The van der Waals surface area contributed by atoms with Gasteiger partial charge in [-0.3, -0.25) is 14.4 Å². The van der Waals surface area contributed by atoms with Gasteiger partial charge in [-0.1, -0.05) is 30.3 Å². The summed E-state index contributed by atoms with van der Waals surface area (Å²) < 4.78 is 0. The Hall–Kier alpha value is -2.80. The van der Waals surface area contributed by atoms with Crippen LogP contribution < -0.4 is 5.32 Å². The zero-order chi connectivity index (χ0) is 20.9. The number of nitrogens with zero attached hydrogens (tertiary/aromatic N) is 2. The zero-order valence-electron chi connectivity index (χ0n) is 16.8. The highest BCUT2D eigenvalue weighted by Crippen LogP contribution is 2.32. The highest BCUT2D eigenvalue weighted by Gasteiger charge is 2.25. The fourth-order valence-corrected chi connectivity index (χ4v) is 4.59. The van der Waals surface area contributed by atoms with Crippen LogP contribution in [-0.2, 0) is 16.0 Å². The van der Waals surface area contributed by atoms with Crippen molar-refractivity contribution in [3.05, 3.63) is 59.7 Å². The van der Waals surface area contributed by atoms with E-state index in [0.717, 1.165) is 17.7 Å². The summed E-state index contributed by atoms with van der Waals surface area (Å²) in [5.74, 6) is 0.462. The van der Waals surface area contributed by atoms with Crippen molar-refractivity contribution in [1.29, 1.82) is 0 Å². The molecule has 2 aliphatic rings. The van der Waals surface area contributed by atoms with Gasteiger partial charge in [0, 0.05) is 43.1 Å². The average Bonchev–Trinajstić information content (AvgIpc) is 2.79. The minimum Gasteiger partial charge on any atom is -0.339 e. The molecule has 0 radical (unpaired) electrons. The van der Waals surface area contributed by atoms with E-state index in [1.54, 1.807) is 11.0 Å². The third-order valence-corrected chi connectivity index (χ3v) is 6.55. The van der Waals surface area contributed by atoms with Gasteiger partial charge in [0.05, 0.1) is 11.4 Å². The van der Waals surface area contributed by atoms with Crippen molar-refractivity contribution in [3.8, 4) is 0 Å². The number of hydrogen-bond donors (Lipinski definition) is 1. The third kappa shape index (κ3) is 4.84. The molecule has 30 heavy (non-hydrogen) atoms. The smallest absolute Gasteiger partial charge is 0.254 e. The minimum atomic E-state index is -0.0567. The second-order valence-corrected chi connectivity index (χ2v) is 8.58. The van der Waals surface area contributed by atoms with Gasteiger partial charge in [-0.2, -0.15) is 0 Å². The second kappa shape index (κ2) is 9.34. The summed E-state index contributed by atoms with van der Waals surface area (Å²) in [7, 11) is 0. The minimum absolute atomic E-state index is 0.0449. The Balaban J connectivity index is 1.27. The fourth-order valence-electron chi connectivity index (χ4n) is 3.80. The lowest BCUT2D eigenvalue weighted by atomic mass is 10.1. The SMILES string of the molecule is O=C1CSc2ccc(C(=O)N3CCN(C(=O)CCCc4ccccc4)CC3)cc2N1. The van der Waals surface area contributed by atoms with Crippen molar-refractivity contribution in [3.63, 3.8) is 0 Å². The van der Waals surface area contributed by atoms with Crippen LogP contribution in [0.2, 0.25) is 0 Å². The summed E-state index contributed by atoms with van der Waals surface area (Å²) in [5, 5.41) is 2.83. The third-order valence-electron chi connectivity index (χ3n) is 5.48. The van der Waals surface area contributed by atoms with Crippen molar-refractivity contribution in [2.45, 2.75) is 24.2 Å². The van der Waals surface area contributed by atoms with Crippen molar-refractivity contribution >= 4 is 35.2 Å². The predicted octanol–water partition coefficient (Wildman–Crippen LogP) is 3.04. The first kappa shape index (κ1) is 20.5. The number of aryl methyl sites for hydroxylation is 1. The number of amides is 3. The standard InChI is InChI=1S/C23H25N3O3S/c27-21-16-30-20-10-9-18(15-19(20)24-21)23(29)26-13-11-25(12-14-26)22(28)8-4-7-17-5-2-1-3-6-17/h1-3,5-6,9-10,15H,4,7-8,11-14,16H2,(H,24,27). The van der Waals surface area contributed by atoms with Gasteiger partial charge in [0.2, 0.25) is 11.8 Å². The van der Waals surface area contributed by atoms with Crippen LogP contribution in [0.5, 0.6) is 0 Å². The van der Waals surface area contributed by atoms with Crippen LogP contribution >= 0.6 is 11.8 Å². The Morgan fingerprint density at radius 3 is 2.47 bits per heavy atom. The Morgan fingerprint density at radius 2 is 1.70 bits per heavy atom. The molecule has 156 valence electrons. The van der Waals surface area contributed by atoms with Crippen LogP contribution in [0.4, 0.5) is 5.69 Å². The summed E-state index contributed by atoms with van der Waals surface area (Å²) in [6.45, 7) is 2.18. The Bertz CT molecular complexity index is 940. The van der Waals surface area contributed by atoms with Gasteiger partial charge in [0.1, 0.15) is 0 Å². The van der Waals surface area contributed by atoms with Gasteiger partial charge < -0.3 is 15.1 Å². The first-order valence-corrected chi connectivity index (χ1v) is 11.3. The molecular formula is C23H25N3O3S. The van der Waals surface area contributed by atoms with Crippen LogP contribution in [0.15, 0.2) is 53.4 Å². The van der Waals surface area contributed by atoms with E-state index in [-0.39, 0.29) is 17.7 Å². The molecule has 0 spiro atoms. The fraction of sp³-hybridized carbons (Fsp3) is 0.348. The Labute approximate surface area is 180 Å². The normalized spacial score (nSPS) is 16.1. The van der Waals surface area contributed by atoms with E-state index in [1.807, 2.05) is 35.2 Å². The highest BCUT2D eigenvalue weighted by atomic mass is 32.2. The number of anilines is 1. The van der Waals surface area contributed by atoms with Gasteiger partial charge in [-0.05, 0) is 36.6 Å². The maximum Gasteiger partial charge on any atom is 0.254 e. The van der Waals surface area contributed by atoms with Crippen molar-refractivity contribution < 1.29 is 14.4 Å². The van der Waals surface area contributed by atoms with Crippen LogP contribution in [0.25, 0.3) is 0 Å². The molecule has 7 heteroatoms. The molecule has 0 saturated carbocycles. The topological polar surface area (TPSA) is 69.7 Å². The number of benzene rings is 2. The highest BCUT2D eigenvalue weighted by molar-refractivity contribution is 8.00.